The van der Waals surface area contributed by atoms with Crippen LogP contribution < -0.4 is 0 Å². The Kier molecular flexibility index (Phi) is 6.76. The van der Waals surface area contributed by atoms with Gasteiger partial charge in [0.1, 0.15) is 0 Å². The van der Waals surface area contributed by atoms with E-state index in [1.807, 2.05) is 13.8 Å². The molecule has 1 unspecified atom stereocenters. The van der Waals surface area contributed by atoms with Gasteiger partial charge in [-0.05, 0) is 26.2 Å². The third-order valence-corrected chi connectivity index (χ3v) is 1.68. The summed E-state index contributed by atoms with van der Waals surface area (Å²) in [7, 11) is 0. The van der Waals surface area contributed by atoms with Gasteiger partial charge in [0.25, 0.3) is 0 Å². The molecule has 0 N–H and O–H groups in total. The minimum absolute atomic E-state index is 0.00440. The van der Waals surface area contributed by atoms with E-state index in [4.69, 9.17) is 4.74 Å². The van der Waals surface area contributed by atoms with Crippen molar-refractivity contribution in [2.45, 2.75) is 45.6 Å². The summed E-state index contributed by atoms with van der Waals surface area (Å²) >= 11 is 0. The second kappa shape index (κ2) is 7.10. The lowest BCUT2D eigenvalue weighted by Crippen LogP contribution is -2.13. The molecule has 3 nitrogen and oxygen atoms in total. The van der Waals surface area contributed by atoms with Gasteiger partial charge in [-0.3, -0.25) is 4.79 Å². The average Bonchev–Trinajstić information content (AvgIpc) is 2.05. The van der Waals surface area contributed by atoms with Gasteiger partial charge in [-0.1, -0.05) is 6.92 Å². The van der Waals surface area contributed by atoms with Crippen molar-refractivity contribution >= 4 is 5.97 Å². The maximum atomic E-state index is 11.0. The predicted octanol–water partition coefficient (Wildman–Crippen LogP) is 1.93. The molecule has 1 radical (unpaired) electrons. The molecular formula is C9H17O3. The molecule has 71 valence electrons. The Morgan fingerprint density at radius 2 is 2.08 bits per heavy atom. The maximum absolute atomic E-state index is 11.0. The molecule has 0 aromatic carbocycles. The Bertz CT molecular complexity index is 123. The van der Waals surface area contributed by atoms with Crippen LogP contribution in [0.25, 0.3) is 0 Å². The van der Waals surface area contributed by atoms with Crippen LogP contribution in [0.4, 0.5) is 0 Å². The number of unbranched alkanes of at least 4 members (excludes halogenated alkanes) is 1. The quantitative estimate of drug-likeness (QED) is 0.455. The summed E-state index contributed by atoms with van der Waals surface area (Å²) < 4.78 is 5.01. The van der Waals surface area contributed by atoms with Crippen LogP contribution in [-0.4, -0.2) is 18.7 Å². The molecule has 12 heavy (non-hydrogen) atoms. The van der Waals surface area contributed by atoms with Crippen molar-refractivity contribution in [3.8, 4) is 0 Å². The highest BCUT2D eigenvalue weighted by molar-refractivity contribution is 5.69. The zero-order chi connectivity index (χ0) is 9.40. The van der Waals surface area contributed by atoms with Gasteiger partial charge < -0.3 is 4.74 Å². The number of carbonyl (C=O) groups excluding carboxylic acids is 1. The van der Waals surface area contributed by atoms with Crippen molar-refractivity contribution in [3.63, 3.8) is 0 Å². The monoisotopic (exact) mass is 173 g/mol. The third-order valence-electron chi connectivity index (χ3n) is 1.68. The first-order valence-electron chi connectivity index (χ1n) is 4.48. The Balaban J connectivity index is 3.33. The second-order valence-corrected chi connectivity index (χ2v) is 2.87. The normalized spacial score (nSPS) is 12.6. The van der Waals surface area contributed by atoms with Crippen molar-refractivity contribution in [2.24, 2.45) is 0 Å². The molecule has 0 saturated carbocycles. The molecule has 0 rings (SSSR count). The lowest BCUT2D eigenvalue weighted by atomic mass is 10.2. The standard InChI is InChI=1S/C9H17O3/c1-3-8(2)12-9(11)6-4-5-7-10/h8H,3-7H2,1-2H3. The van der Waals surface area contributed by atoms with E-state index >= 15 is 0 Å². The van der Waals surface area contributed by atoms with E-state index in [0.717, 1.165) is 6.42 Å². The van der Waals surface area contributed by atoms with Crippen LogP contribution in [0.1, 0.15) is 39.5 Å². The minimum atomic E-state index is -0.183. The average molecular weight is 173 g/mol. The second-order valence-electron chi connectivity index (χ2n) is 2.87. The van der Waals surface area contributed by atoms with E-state index in [9.17, 15) is 9.90 Å². The smallest absolute Gasteiger partial charge is 0.306 e. The van der Waals surface area contributed by atoms with Gasteiger partial charge in [0.2, 0.25) is 0 Å². The third kappa shape index (κ3) is 6.16. The fourth-order valence-electron chi connectivity index (χ4n) is 0.738. The van der Waals surface area contributed by atoms with Gasteiger partial charge in [-0.15, -0.1) is 0 Å². The molecule has 0 amide bonds. The highest BCUT2D eigenvalue weighted by atomic mass is 16.5. The molecule has 0 aliphatic rings. The van der Waals surface area contributed by atoms with Gasteiger partial charge in [0.15, 0.2) is 0 Å². The van der Waals surface area contributed by atoms with Gasteiger partial charge in [-0.25, -0.2) is 5.11 Å². The highest BCUT2D eigenvalue weighted by Gasteiger charge is 2.06. The number of rotatable bonds is 6. The summed E-state index contributed by atoms with van der Waals surface area (Å²) in [5.41, 5.74) is 0. The molecule has 1 atom stereocenters. The largest absolute Gasteiger partial charge is 0.463 e. The van der Waals surface area contributed by atoms with Crippen LogP contribution in [0.3, 0.4) is 0 Å². The Morgan fingerprint density at radius 3 is 2.58 bits per heavy atom. The first kappa shape index (κ1) is 11.4. The van der Waals surface area contributed by atoms with Crippen molar-refractivity contribution in [3.05, 3.63) is 0 Å². The summed E-state index contributed by atoms with van der Waals surface area (Å²) in [6.45, 7) is 3.73. The molecular weight excluding hydrogens is 156 g/mol. The fraction of sp³-hybridized carbons (Fsp3) is 0.889. The molecule has 0 spiro atoms. The van der Waals surface area contributed by atoms with Crippen LogP contribution in [0.5, 0.6) is 0 Å². The first-order valence-corrected chi connectivity index (χ1v) is 4.48. The number of carbonyl (C=O) groups is 1. The summed E-state index contributed by atoms with van der Waals surface area (Å²) in [4.78, 5) is 11.0. The molecule has 0 aliphatic heterocycles. The SMILES string of the molecule is CCC(C)OC(=O)CCCC[O]. The van der Waals surface area contributed by atoms with Crippen LogP contribution in [0, 0.1) is 0 Å². The van der Waals surface area contributed by atoms with E-state index in [1.165, 1.54) is 0 Å². The number of ether oxygens (including phenoxy) is 1. The zero-order valence-electron chi connectivity index (χ0n) is 7.84. The lowest BCUT2D eigenvalue weighted by Gasteiger charge is -2.09. The Labute approximate surface area is 73.7 Å². The molecule has 0 aromatic heterocycles. The molecule has 3 heteroatoms. The van der Waals surface area contributed by atoms with Gasteiger partial charge in [-0.2, -0.15) is 0 Å². The van der Waals surface area contributed by atoms with Gasteiger partial charge in [0.05, 0.1) is 12.7 Å². The van der Waals surface area contributed by atoms with Gasteiger partial charge in [0, 0.05) is 6.42 Å². The summed E-state index contributed by atoms with van der Waals surface area (Å²) in [5, 5.41) is 10.0. The maximum Gasteiger partial charge on any atom is 0.306 e. The topological polar surface area (TPSA) is 46.2 Å². The Morgan fingerprint density at radius 1 is 1.42 bits per heavy atom. The molecule has 0 fully saturated rings. The van der Waals surface area contributed by atoms with E-state index < -0.39 is 0 Å². The van der Waals surface area contributed by atoms with Crippen LogP contribution >= 0.6 is 0 Å². The zero-order valence-corrected chi connectivity index (χ0v) is 7.84. The van der Waals surface area contributed by atoms with Crippen molar-refractivity contribution in [1.29, 1.82) is 0 Å². The summed E-state index contributed by atoms with van der Waals surface area (Å²) in [5.74, 6) is -0.183. The van der Waals surface area contributed by atoms with Crippen LogP contribution in [0.15, 0.2) is 0 Å². The predicted molar refractivity (Wildman–Crippen MR) is 45.2 cm³/mol. The van der Waals surface area contributed by atoms with E-state index in [-0.39, 0.29) is 18.7 Å². The fourth-order valence-corrected chi connectivity index (χ4v) is 0.738. The molecule has 0 aliphatic carbocycles. The lowest BCUT2D eigenvalue weighted by molar-refractivity contribution is -0.148. The van der Waals surface area contributed by atoms with Crippen molar-refractivity contribution in [1.82, 2.24) is 0 Å². The number of esters is 1. The van der Waals surface area contributed by atoms with Crippen molar-refractivity contribution < 1.29 is 14.6 Å². The molecule has 0 saturated heterocycles. The molecule has 0 aromatic rings. The van der Waals surface area contributed by atoms with Crippen LogP contribution in [0.2, 0.25) is 0 Å². The number of hydrogen-bond acceptors (Lipinski definition) is 2. The van der Waals surface area contributed by atoms with Crippen LogP contribution in [-0.2, 0) is 14.6 Å². The van der Waals surface area contributed by atoms with E-state index in [1.54, 1.807) is 0 Å². The highest BCUT2D eigenvalue weighted by Crippen LogP contribution is 2.02. The minimum Gasteiger partial charge on any atom is -0.463 e. The summed E-state index contributed by atoms with van der Waals surface area (Å²) in [6, 6.07) is 0. The van der Waals surface area contributed by atoms with Crippen molar-refractivity contribution in [2.75, 3.05) is 6.61 Å². The van der Waals surface area contributed by atoms with Gasteiger partial charge >= 0.3 is 5.97 Å². The molecule has 0 heterocycles. The van der Waals surface area contributed by atoms with E-state index in [2.05, 4.69) is 0 Å². The Hall–Kier alpha value is -0.570. The first-order chi connectivity index (χ1) is 5.70. The summed E-state index contributed by atoms with van der Waals surface area (Å²) in [6.07, 6.45) is 2.44. The van der Waals surface area contributed by atoms with E-state index in [0.29, 0.717) is 19.3 Å². The molecule has 0 bridgehead atoms. The number of hydrogen-bond donors (Lipinski definition) is 0.